The molecule has 0 aliphatic rings. The number of phosphoric acid groups is 2. The summed E-state index contributed by atoms with van der Waals surface area (Å²) in [5.74, 6) is -1.33. The minimum atomic E-state index is -4.95. The molecule has 17 nitrogen and oxygen atoms in total. The maximum Gasteiger partial charge on any atom is 0.472 e. The van der Waals surface area contributed by atoms with Crippen molar-refractivity contribution < 1.29 is 80.2 Å². The lowest BCUT2D eigenvalue weighted by atomic mass is 10.0. The fraction of sp³-hybridized carbons (Fsp3) is 0.944. The Morgan fingerprint density at radius 3 is 0.747 bits per heavy atom. The van der Waals surface area contributed by atoms with Crippen LogP contribution in [0.1, 0.15) is 375 Å². The minimum Gasteiger partial charge on any atom is -0.462 e. The molecular weight excluding hydrogens is 1200 g/mol. The quantitative estimate of drug-likeness (QED) is 0.0222. The van der Waals surface area contributed by atoms with Crippen LogP contribution in [-0.4, -0.2) is 96.7 Å². The van der Waals surface area contributed by atoms with Crippen molar-refractivity contribution in [3.05, 3.63) is 0 Å². The second kappa shape index (κ2) is 65.4. The van der Waals surface area contributed by atoms with Crippen molar-refractivity contribution in [3.8, 4) is 0 Å². The number of rotatable bonds is 72. The molecule has 0 saturated heterocycles. The van der Waals surface area contributed by atoms with Crippen LogP contribution >= 0.6 is 15.6 Å². The summed E-state index contributed by atoms with van der Waals surface area (Å²) in [7, 11) is -9.90. The molecule has 0 fully saturated rings. The highest BCUT2D eigenvalue weighted by Crippen LogP contribution is 2.45. The first-order valence-corrected chi connectivity index (χ1v) is 40.6. The van der Waals surface area contributed by atoms with Gasteiger partial charge in [0.2, 0.25) is 0 Å². The summed E-state index contributed by atoms with van der Waals surface area (Å²) >= 11 is 0. The number of unbranched alkanes of at least 4 members (excludes halogenated alkanes) is 44. The molecule has 5 atom stereocenters. The van der Waals surface area contributed by atoms with Crippen LogP contribution in [0.5, 0.6) is 0 Å². The third kappa shape index (κ3) is 66.5. The molecule has 19 heteroatoms. The van der Waals surface area contributed by atoms with E-state index in [0.29, 0.717) is 25.7 Å². The first kappa shape index (κ1) is 89.1. The number of hydrogen-bond donors (Lipinski definition) is 3. The lowest BCUT2D eigenvalue weighted by molar-refractivity contribution is -0.161. The fourth-order valence-corrected chi connectivity index (χ4v) is 12.6. The van der Waals surface area contributed by atoms with Gasteiger partial charge in [-0.3, -0.25) is 37.3 Å². The van der Waals surface area contributed by atoms with Crippen LogP contribution in [0.3, 0.4) is 0 Å². The van der Waals surface area contributed by atoms with Gasteiger partial charge in [0.05, 0.1) is 26.4 Å². The molecule has 2 unspecified atom stereocenters. The third-order valence-electron chi connectivity index (χ3n) is 16.8. The number of hydrogen-bond acceptors (Lipinski definition) is 15. The van der Waals surface area contributed by atoms with E-state index >= 15 is 0 Å². The van der Waals surface area contributed by atoms with E-state index in [-0.39, 0.29) is 25.7 Å². The van der Waals surface area contributed by atoms with Gasteiger partial charge in [0.15, 0.2) is 12.2 Å². The number of carbonyl (C=O) groups excluding carboxylic acids is 4. The van der Waals surface area contributed by atoms with E-state index in [2.05, 4.69) is 34.6 Å². The van der Waals surface area contributed by atoms with E-state index in [1.165, 1.54) is 199 Å². The predicted molar refractivity (Wildman–Crippen MR) is 368 cm³/mol. The number of esters is 4. The lowest BCUT2D eigenvalue weighted by Gasteiger charge is -2.21. The first-order valence-electron chi connectivity index (χ1n) is 37.6. The molecule has 3 N–H and O–H groups in total. The Labute approximate surface area is 556 Å². The van der Waals surface area contributed by atoms with E-state index in [1.807, 2.05) is 0 Å². The molecule has 0 aliphatic heterocycles. The summed E-state index contributed by atoms with van der Waals surface area (Å²) in [4.78, 5) is 72.5. The summed E-state index contributed by atoms with van der Waals surface area (Å²) in [6, 6.07) is 0. The zero-order valence-electron chi connectivity index (χ0n) is 59.0. The summed E-state index contributed by atoms with van der Waals surface area (Å²) in [6.07, 6.45) is 52.7. The molecule has 0 radical (unpaired) electrons. The maximum atomic E-state index is 13.0. The highest BCUT2D eigenvalue weighted by atomic mass is 31.2. The Balaban J connectivity index is 5.20. The van der Waals surface area contributed by atoms with E-state index < -0.39 is 97.5 Å². The van der Waals surface area contributed by atoms with Crippen LogP contribution in [0.2, 0.25) is 0 Å². The van der Waals surface area contributed by atoms with Crippen molar-refractivity contribution in [2.45, 2.75) is 393 Å². The van der Waals surface area contributed by atoms with Crippen molar-refractivity contribution in [2.75, 3.05) is 39.6 Å². The molecule has 0 aromatic rings. The first-order chi connectivity index (χ1) is 44.0. The van der Waals surface area contributed by atoms with Crippen LogP contribution in [0.4, 0.5) is 0 Å². The second-order valence-corrected chi connectivity index (χ2v) is 29.4. The van der Waals surface area contributed by atoms with Crippen LogP contribution in [0, 0.1) is 5.92 Å². The highest BCUT2D eigenvalue weighted by molar-refractivity contribution is 7.47. The Kier molecular flexibility index (Phi) is 64.0. The van der Waals surface area contributed by atoms with Gasteiger partial charge in [-0.1, -0.05) is 324 Å². The van der Waals surface area contributed by atoms with E-state index in [9.17, 15) is 43.2 Å². The summed E-state index contributed by atoms with van der Waals surface area (Å²) in [6.45, 7) is 7.25. The topological polar surface area (TPSA) is 237 Å². The maximum absolute atomic E-state index is 13.0. The van der Waals surface area contributed by atoms with Crippen LogP contribution in [-0.2, 0) is 65.4 Å². The van der Waals surface area contributed by atoms with Crippen molar-refractivity contribution >= 4 is 39.5 Å². The van der Waals surface area contributed by atoms with Crippen LogP contribution < -0.4 is 0 Å². The summed E-state index contributed by atoms with van der Waals surface area (Å²) in [5, 5.41) is 10.6. The molecule has 0 amide bonds. The van der Waals surface area contributed by atoms with Gasteiger partial charge in [0.1, 0.15) is 19.3 Å². The number of ether oxygens (including phenoxy) is 4. The molecule has 0 bridgehead atoms. The molecule has 0 aromatic heterocycles. The molecule has 0 heterocycles. The van der Waals surface area contributed by atoms with Crippen molar-refractivity contribution in [1.82, 2.24) is 0 Å². The van der Waals surface area contributed by atoms with Gasteiger partial charge in [-0.2, -0.15) is 0 Å². The number of carbonyl (C=O) groups is 4. The van der Waals surface area contributed by atoms with E-state index in [0.717, 1.165) is 95.8 Å². The number of aliphatic hydroxyl groups is 1. The lowest BCUT2D eigenvalue weighted by Crippen LogP contribution is -2.30. The van der Waals surface area contributed by atoms with Crippen LogP contribution in [0.15, 0.2) is 0 Å². The second-order valence-electron chi connectivity index (χ2n) is 26.5. The highest BCUT2D eigenvalue weighted by Gasteiger charge is 2.30. The molecule has 0 spiro atoms. The average Bonchev–Trinajstić information content (AvgIpc) is 3.74. The molecule has 91 heavy (non-hydrogen) atoms. The van der Waals surface area contributed by atoms with Crippen molar-refractivity contribution in [2.24, 2.45) is 5.92 Å². The fourth-order valence-electron chi connectivity index (χ4n) is 11.0. The van der Waals surface area contributed by atoms with E-state index in [4.69, 9.17) is 37.0 Å². The smallest absolute Gasteiger partial charge is 0.462 e. The Morgan fingerprint density at radius 2 is 0.505 bits per heavy atom. The van der Waals surface area contributed by atoms with Gasteiger partial charge >= 0.3 is 39.5 Å². The normalized spacial score (nSPS) is 14.0. The SMILES string of the molecule is CCCCCCCCCCCCCCCCCCCC(=O)O[C@H](COC(=O)CCCCCCCCCCCCCCCC(C)C)COP(=O)(O)OC[C@@H](O)COP(=O)(O)OC[C@@H](COC(=O)CCCCCCCCCCC)OC(=O)CCCCCCCCCCC. The van der Waals surface area contributed by atoms with Crippen LogP contribution in [0.25, 0.3) is 0 Å². The van der Waals surface area contributed by atoms with Crippen molar-refractivity contribution in [3.63, 3.8) is 0 Å². The Morgan fingerprint density at radius 1 is 0.297 bits per heavy atom. The summed E-state index contributed by atoms with van der Waals surface area (Å²) in [5.41, 5.74) is 0. The summed E-state index contributed by atoms with van der Waals surface area (Å²) < 4.78 is 68.3. The monoisotopic (exact) mass is 1340 g/mol. The largest absolute Gasteiger partial charge is 0.472 e. The van der Waals surface area contributed by atoms with Gasteiger partial charge in [-0.15, -0.1) is 0 Å². The molecular formula is C72H140O17P2. The van der Waals surface area contributed by atoms with Gasteiger partial charge in [0.25, 0.3) is 0 Å². The van der Waals surface area contributed by atoms with Gasteiger partial charge in [-0.05, 0) is 31.6 Å². The average molecular weight is 1340 g/mol. The molecule has 0 saturated carbocycles. The van der Waals surface area contributed by atoms with Gasteiger partial charge in [0, 0.05) is 25.7 Å². The predicted octanol–water partition coefficient (Wildman–Crippen LogP) is 20.9. The van der Waals surface area contributed by atoms with Crippen molar-refractivity contribution in [1.29, 1.82) is 0 Å². The molecule has 0 aliphatic carbocycles. The number of aliphatic hydroxyl groups excluding tert-OH is 1. The molecule has 540 valence electrons. The zero-order chi connectivity index (χ0) is 67.0. The number of phosphoric ester groups is 2. The van der Waals surface area contributed by atoms with Gasteiger partial charge in [-0.25, -0.2) is 9.13 Å². The van der Waals surface area contributed by atoms with Gasteiger partial charge < -0.3 is 33.8 Å². The van der Waals surface area contributed by atoms with E-state index in [1.54, 1.807) is 0 Å². The zero-order valence-corrected chi connectivity index (χ0v) is 60.8. The Hall–Kier alpha value is -1.94. The standard InChI is InChI=1S/C72H140O17P2/c1-6-9-12-15-18-21-22-23-24-25-26-29-33-38-43-48-53-58-72(77)89-68(62-83-70(75)56-51-46-41-37-32-30-27-28-31-36-39-44-49-54-65(4)5)64-87-91(80,81)85-60-66(73)59-84-90(78,79)86-63-67(88-71(76)57-52-47-42-35-20-17-14-11-8-3)61-82-69(74)55-50-45-40-34-19-16-13-10-7-2/h65-68,73H,6-64H2,1-5H3,(H,78,79)(H,80,81)/t66-,67+,68+/m0/s1. The Bertz CT molecular complexity index is 1750. The molecule has 0 aromatic carbocycles. The minimum absolute atomic E-state index is 0.106. The third-order valence-corrected chi connectivity index (χ3v) is 18.7. The molecule has 0 rings (SSSR count).